The number of alkyl halides is 3. The molecule has 1 aliphatic rings. The molecule has 2 aromatic rings. The molecule has 0 saturated heterocycles. The normalized spacial score (nSPS) is 15.2. The third-order valence-electron chi connectivity index (χ3n) is 4.09. The molecule has 0 unspecified atom stereocenters. The summed E-state index contributed by atoms with van der Waals surface area (Å²) in [6, 6.07) is 3.56. The van der Waals surface area contributed by atoms with Crippen molar-refractivity contribution in [3.8, 4) is 17.0 Å². The molecule has 1 heterocycles. The van der Waals surface area contributed by atoms with Crippen LogP contribution in [0.15, 0.2) is 23.1 Å². The van der Waals surface area contributed by atoms with Crippen molar-refractivity contribution in [3.63, 3.8) is 0 Å². The van der Waals surface area contributed by atoms with Gasteiger partial charge in [0.15, 0.2) is 0 Å². The zero-order chi connectivity index (χ0) is 18.4. The van der Waals surface area contributed by atoms with Crippen molar-refractivity contribution < 1.29 is 26.7 Å². The number of sulfonamides is 1. The minimum absolute atomic E-state index is 0.219. The summed E-state index contributed by atoms with van der Waals surface area (Å²) in [5.41, 5.74) is 1.72. The molecule has 0 atom stereocenters. The van der Waals surface area contributed by atoms with Crippen LogP contribution in [0.5, 0.6) is 5.75 Å². The third kappa shape index (κ3) is 3.64. The monoisotopic (exact) mass is 375 g/mol. The summed E-state index contributed by atoms with van der Waals surface area (Å²) in [5, 5.41) is 18.8. The highest BCUT2D eigenvalue weighted by Gasteiger charge is 2.32. The number of nitrogens with zero attached hydrogens (tertiary/aromatic N) is 2. The molecule has 0 radical (unpaired) electrons. The van der Waals surface area contributed by atoms with Crippen LogP contribution in [0.2, 0.25) is 0 Å². The lowest BCUT2D eigenvalue weighted by atomic mass is 9.93. The molecule has 3 N–H and O–H groups in total. The second kappa shape index (κ2) is 6.03. The van der Waals surface area contributed by atoms with E-state index >= 15 is 0 Å². The Morgan fingerprint density at radius 3 is 2.56 bits per heavy atom. The van der Waals surface area contributed by atoms with Crippen molar-refractivity contribution in [1.29, 1.82) is 0 Å². The Morgan fingerprint density at radius 1 is 1.24 bits per heavy atom. The highest BCUT2D eigenvalue weighted by Crippen LogP contribution is 2.36. The van der Waals surface area contributed by atoms with E-state index < -0.39 is 33.4 Å². The minimum atomic E-state index is -4.47. The maximum absolute atomic E-state index is 12.9. The Bertz CT molecular complexity index is 920. The molecule has 6 nitrogen and oxygen atoms in total. The molecule has 1 aromatic carbocycles. The van der Waals surface area contributed by atoms with E-state index in [9.17, 15) is 26.7 Å². The summed E-state index contributed by atoms with van der Waals surface area (Å²) >= 11 is 0. The smallest absolute Gasteiger partial charge is 0.408 e. The van der Waals surface area contributed by atoms with Gasteiger partial charge in [0, 0.05) is 11.1 Å². The van der Waals surface area contributed by atoms with Crippen LogP contribution in [0.25, 0.3) is 11.3 Å². The van der Waals surface area contributed by atoms with Crippen molar-refractivity contribution in [2.24, 2.45) is 5.14 Å². The highest BCUT2D eigenvalue weighted by atomic mass is 32.2. The Hall–Kier alpha value is -2.07. The van der Waals surface area contributed by atoms with Gasteiger partial charge in [-0.2, -0.15) is 18.3 Å². The van der Waals surface area contributed by atoms with E-state index in [0.717, 1.165) is 29.7 Å². The quantitative estimate of drug-likeness (QED) is 0.860. The van der Waals surface area contributed by atoms with Crippen molar-refractivity contribution in [1.82, 2.24) is 9.78 Å². The maximum atomic E-state index is 12.9. The molecule has 0 saturated carbocycles. The molecule has 0 fully saturated rings. The molecule has 136 valence electrons. The summed E-state index contributed by atoms with van der Waals surface area (Å²) in [7, 11) is -4.22. The third-order valence-corrected chi connectivity index (χ3v) is 5.03. The van der Waals surface area contributed by atoms with Crippen LogP contribution in [0.1, 0.15) is 24.1 Å². The van der Waals surface area contributed by atoms with Gasteiger partial charge in [-0.05, 0) is 43.9 Å². The molecular formula is C15H16F3N3O3S. The van der Waals surface area contributed by atoms with Gasteiger partial charge in [0.1, 0.15) is 17.2 Å². The van der Waals surface area contributed by atoms with E-state index in [1.54, 1.807) is 0 Å². The largest absolute Gasteiger partial charge is 0.507 e. The second-order valence-corrected chi connectivity index (χ2v) is 7.51. The fourth-order valence-electron chi connectivity index (χ4n) is 3.10. The highest BCUT2D eigenvalue weighted by molar-refractivity contribution is 7.89. The number of benzene rings is 1. The molecule has 0 amide bonds. The standard InChI is InChI=1S/C15H16F3N3O3S/c16-15(17,18)8-21-14(10-3-1-2-4-11(10)20-21)9-5-6-12(22)13(7-9)25(19,23)24/h5-7,22H,1-4,8H2,(H2,19,23,24). The molecule has 25 heavy (non-hydrogen) atoms. The number of aryl methyl sites for hydroxylation is 1. The Kier molecular flexibility index (Phi) is 4.28. The van der Waals surface area contributed by atoms with Crippen molar-refractivity contribution >= 4 is 10.0 Å². The van der Waals surface area contributed by atoms with Crippen LogP contribution in [0.3, 0.4) is 0 Å². The van der Waals surface area contributed by atoms with Gasteiger partial charge in [-0.1, -0.05) is 0 Å². The van der Waals surface area contributed by atoms with E-state index in [4.69, 9.17) is 5.14 Å². The summed E-state index contributed by atoms with van der Waals surface area (Å²) in [6.07, 6.45) is -1.67. The molecular weight excluding hydrogens is 359 g/mol. The predicted octanol–water partition coefficient (Wildman–Crippen LogP) is 2.34. The number of fused-ring (bicyclic) bond motifs is 1. The van der Waals surface area contributed by atoms with Gasteiger partial charge in [-0.15, -0.1) is 0 Å². The summed E-state index contributed by atoms with van der Waals surface area (Å²) < 4.78 is 62.8. The van der Waals surface area contributed by atoms with Crippen LogP contribution in [-0.4, -0.2) is 29.5 Å². The first-order valence-corrected chi connectivity index (χ1v) is 9.12. The van der Waals surface area contributed by atoms with Crippen molar-refractivity contribution in [2.75, 3.05) is 0 Å². The first kappa shape index (κ1) is 17.7. The van der Waals surface area contributed by atoms with E-state index in [1.165, 1.54) is 6.07 Å². The predicted molar refractivity (Wildman–Crippen MR) is 83.4 cm³/mol. The number of hydrogen-bond acceptors (Lipinski definition) is 4. The number of aromatic hydroxyl groups is 1. The van der Waals surface area contributed by atoms with Gasteiger partial charge in [-0.25, -0.2) is 13.6 Å². The van der Waals surface area contributed by atoms with Crippen molar-refractivity contribution in [2.45, 2.75) is 43.3 Å². The zero-order valence-electron chi connectivity index (χ0n) is 13.0. The van der Waals surface area contributed by atoms with Crippen LogP contribution in [-0.2, 0) is 29.4 Å². The van der Waals surface area contributed by atoms with Crippen LogP contribution < -0.4 is 5.14 Å². The van der Waals surface area contributed by atoms with Gasteiger partial charge in [0.25, 0.3) is 0 Å². The number of phenols is 1. The van der Waals surface area contributed by atoms with Gasteiger partial charge in [-0.3, -0.25) is 4.68 Å². The zero-order valence-corrected chi connectivity index (χ0v) is 13.9. The van der Waals surface area contributed by atoms with Crippen LogP contribution in [0, 0.1) is 0 Å². The number of primary sulfonamides is 1. The first-order valence-electron chi connectivity index (χ1n) is 7.58. The maximum Gasteiger partial charge on any atom is 0.408 e. The summed E-state index contributed by atoms with van der Waals surface area (Å²) in [6.45, 7) is -1.28. The van der Waals surface area contributed by atoms with Gasteiger partial charge in [0.2, 0.25) is 10.0 Å². The number of rotatable bonds is 3. The lowest BCUT2D eigenvalue weighted by Gasteiger charge is -2.14. The molecule has 0 aliphatic heterocycles. The molecule has 1 aliphatic carbocycles. The van der Waals surface area contributed by atoms with Crippen LogP contribution >= 0.6 is 0 Å². The van der Waals surface area contributed by atoms with Crippen LogP contribution in [0.4, 0.5) is 13.2 Å². The van der Waals surface area contributed by atoms with E-state index in [0.29, 0.717) is 24.1 Å². The molecule has 0 bridgehead atoms. The fourth-order valence-corrected chi connectivity index (χ4v) is 3.75. The fraction of sp³-hybridized carbons (Fsp3) is 0.400. The van der Waals surface area contributed by atoms with E-state index in [-0.39, 0.29) is 11.3 Å². The van der Waals surface area contributed by atoms with E-state index in [1.807, 2.05) is 0 Å². The van der Waals surface area contributed by atoms with E-state index in [2.05, 4.69) is 5.10 Å². The average molecular weight is 375 g/mol. The molecule has 10 heteroatoms. The topological polar surface area (TPSA) is 98.2 Å². The number of aromatic nitrogens is 2. The average Bonchev–Trinajstić information content (AvgIpc) is 2.82. The van der Waals surface area contributed by atoms with Gasteiger partial charge in [0.05, 0.1) is 11.4 Å². The number of nitrogens with two attached hydrogens (primary N) is 1. The Balaban J connectivity index is 2.21. The number of hydrogen-bond donors (Lipinski definition) is 2. The number of phenolic OH excluding ortho intramolecular Hbond substituents is 1. The Morgan fingerprint density at radius 2 is 1.92 bits per heavy atom. The molecule has 1 aromatic heterocycles. The summed E-state index contributed by atoms with van der Waals surface area (Å²) in [5.74, 6) is -0.554. The lowest BCUT2D eigenvalue weighted by Crippen LogP contribution is -2.19. The molecule has 0 spiro atoms. The summed E-state index contributed by atoms with van der Waals surface area (Å²) in [4.78, 5) is -0.533. The number of halogens is 3. The van der Waals surface area contributed by atoms with Gasteiger partial charge >= 0.3 is 6.18 Å². The Labute approximate surface area is 142 Å². The second-order valence-electron chi connectivity index (χ2n) is 5.98. The molecule has 3 rings (SSSR count). The SMILES string of the molecule is NS(=O)(=O)c1cc(-c2c3c(nn2CC(F)(F)F)CCCC3)ccc1O. The minimum Gasteiger partial charge on any atom is -0.507 e. The first-order chi connectivity index (χ1) is 11.6. The van der Waals surface area contributed by atoms with Gasteiger partial charge < -0.3 is 5.11 Å². The lowest BCUT2D eigenvalue weighted by molar-refractivity contribution is -0.142. The van der Waals surface area contributed by atoms with Crippen molar-refractivity contribution in [3.05, 3.63) is 29.5 Å².